The number of fused-ring (bicyclic) bond motifs is 1. The maximum absolute atomic E-state index is 12.6. The molecule has 1 aliphatic rings. The van der Waals surface area contributed by atoms with Crippen LogP contribution in [0.3, 0.4) is 0 Å². The Morgan fingerprint density at radius 2 is 2.17 bits per heavy atom. The minimum Gasteiger partial charge on any atom is -0.371 e. The summed E-state index contributed by atoms with van der Waals surface area (Å²) in [5, 5.41) is 0. The second kappa shape index (κ2) is 4.91. The van der Waals surface area contributed by atoms with Crippen molar-refractivity contribution in [2.45, 2.75) is 52.0 Å². The number of H-pyrrole nitrogens is 1. The SMILES string of the molecule is CC(C)OCc1nc2c([nH]1)CC(C(F)(F)F)CC2. The fourth-order valence-electron chi connectivity index (χ4n) is 2.13. The third kappa shape index (κ3) is 3.04. The minimum absolute atomic E-state index is 0.00745. The molecule has 102 valence electrons. The number of imidazole rings is 1. The summed E-state index contributed by atoms with van der Waals surface area (Å²) in [4.78, 5) is 7.25. The average Bonchev–Trinajstić information content (AvgIpc) is 2.66. The highest BCUT2D eigenvalue weighted by Crippen LogP contribution is 2.36. The van der Waals surface area contributed by atoms with Gasteiger partial charge in [-0.15, -0.1) is 0 Å². The smallest absolute Gasteiger partial charge is 0.371 e. The number of nitrogens with zero attached hydrogens (tertiary/aromatic N) is 1. The van der Waals surface area contributed by atoms with Gasteiger partial charge >= 0.3 is 6.18 Å². The summed E-state index contributed by atoms with van der Waals surface area (Å²) in [5.74, 6) is -0.624. The molecule has 0 bridgehead atoms. The summed E-state index contributed by atoms with van der Waals surface area (Å²) in [6.07, 6.45) is -3.51. The summed E-state index contributed by atoms with van der Waals surface area (Å²) in [6.45, 7) is 4.13. The van der Waals surface area contributed by atoms with E-state index in [0.717, 1.165) is 5.69 Å². The molecule has 0 spiro atoms. The molecule has 1 heterocycles. The Hall–Kier alpha value is -1.04. The van der Waals surface area contributed by atoms with E-state index in [1.807, 2.05) is 13.8 Å². The van der Waals surface area contributed by atoms with Crippen molar-refractivity contribution < 1.29 is 17.9 Å². The molecule has 1 N–H and O–H groups in total. The molecular weight excluding hydrogens is 245 g/mol. The molecule has 18 heavy (non-hydrogen) atoms. The molecule has 6 heteroatoms. The number of hydrogen-bond donors (Lipinski definition) is 1. The lowest BCUT2D eigenvalue weighted by Gasteiger charge is -2.23. The molecule has 2 rings (SSSR count). The van der Waals surface area contributed by atoms with E-state index in [0.29, 0.717) is 24.5 Å². The van der Waals surface area contributed by atoms with Crippen LogP contribution in [-0.2, 0) is 24.2 Å². The molecule has 0 radical (unpaired) electrons. The Morgan fingerprint density at radius 1 is 1.44 bits per heavy atom. The third-order valence-electron chi connectivity index (χ3n) is 3.11. The molecule has 1 aromatic rings. The van der Waals surface area contributed by atoms with Gasteiger partial charge in [0.25, 0.3) is 0 Å². The zero-order valence-corrected chi connectivity index (χ0v) is 10.5. The highest BCUT2D eigenvalue weighted by atomic mass is 19.4. The first-order valence-corrected chi connectivity index (χ1v) is 6.11. The summed E-state index contributed by atoms with van der Waals surface area (Å²) in [6, 6.07) is 0. The van der Waals surface area contributed by atoms with Crippen molar-refractivity contribution in [3.05, 3.63) is 17.2 Å². The van der Waals surface area contributed by atoms with Gasteiger partial charge in [-0.2, -0.15) is 13.2 Å². The molecule has 0 saturated carbocycles. The number of ether oxygens (including phenoxy) is 1. The summed E-state index contributed by atoms with van der Waals surface area (Å²) in [7, 11) is 0. The van der Waals surface area contributed by atoms with Crippen LogP contribution < -0.4 is 0 Å². The summed E-state index contributed by atoms with van der Waals surface area (Å²) < 4.78 is 43.3. The van der Waals surface area contributed by atoms with Crippen LogP contribution in [0.5, 0.6) is 0 Å². The van der Waals surface area contributed by atoms with Gasteiger partial charge in [0.05, 0.1) is 17.7 Å². The van der Waals surface area contributed by atoms with E-state index >= 15 is 0 Å². The van der Waals surface area contributed by atoms with Crippen molar-refractivity contribution in [3.8, 4) is 0 Å². The van der Waals surface area contributed by atoms with E-state index < -0.39 is 12.1 Å². The Balaban J connectivity index is 2.05. The number of aromatic amines is 1. The molecule has 1 aliphatic carbocycles. The van der Waals surface area contributed by atoms with Crippen molar-refractivity contribution in [2.24, 2.45) is 5.92 Å². The van der Waals surface area contributed by atoms with E-state index in [9.17, 15) is 13.2 Å². The molecular formula is C12H17F3N2O. The van der Waals surface area contributed by atoms with Crippen LogP contribution in [0.25, 0.3) is 0 Å². The molecule has 1 unspecified atom stereocenters. The molecule has 1 atom stereocenters. The largest absolute Gasteiger partial charge is 0.392 e. The third-order valence-corrected chi connectivity index (χ3v) is 3.11. The summed E-state index contributed by atoms with van der Waals surface area (Å²) >= 11 is 0. The van der Waals surface area contributed by atoms with Gasteiger partial charge in [0.15, 0.2) is 0 Å². The number of halogens is 3. The predicted octanol–water partition coefficient (Wildman–Crippen LogP) is 3.00. The minimum atomic E-state index is -4.11. The van der Waals surface area contributed by atoms with Crippen LogP contribution in [0.4, 0.5) is 13.2 Å². The lowest BCUT2D eigenvalue weighted by atomic mass is 9.89. The first kappa shape index (κ1) is 13.4. The van der Waals surface area contributed by atoms with Crippen molar-refractivity contribution in [2.75, 3.05) is 0 Å². The van der Waals surface area contributed by atoms with Crippen molar-refractivity contribution in [1.29, 1.82) is 0 Å². The maximum atomic E-state index is 12.6. The Kier molecular flexibility index (Phi) is 3.66. The maximum Gasteiger partial charge on any atom is 0.392 e. The Morgan fingerprint density at radius 3 is 2.78 bits per heavy atom. The van der Waals surface area contributed by atoms with Crippen LogP contribution in [0, 0.1) is 5.92 Å². The molecule has 0 fully saturated rings. The fourth-order valence-corrected chi connectivity index (χ4v) is 2.13. The van der Waals surface area contributed by atoms with E-state index in [-0.39, 0.29) is 18.9 Å². The predicted molar refractivity (Wildman–Crippen MR) is 60.1 cm³/mol. The van der Waals surface area contributed by atoms with Gasteiger partial charge in [0.2, 0.25) is 0 Å². The highest BCUT2D eigenvalue weighted by Gasteiger charge is 2.41. The molecule has 0 saturated heterocycles. The average molecular weight is 262 g/mol. The second-order valence-corrected chi connectivity index (χ2v) is 4.95. The second-order valence-electron chi connectivity index (χ2n) is 4.95. The van der Waals surface area contributed by atoms with Gasteiger partial charge < -0.3 is 9.72 Å². The first-order chi connectivity index (χ1) is 8.36. The van der Waals surface area contributed by atoms with E-state index in [2.05, 4.69) is 9.97 Å². The number of nitrogens with one attached hydrogen (secondary N) is 1. The van der Waals surface area contributed by atoms with Crippen LogP contribution in [0.2, 0.25) is 0 Å². The topological polar surface area (TPSA) is 37.9 Å². The summed E-state index contributed by atoms with van der Waals surface area (Å²) in [5.41, 5.74) is 1.38. The quantitative estimate of drug-likeness (QED) is 0.909. The zero-order chi connectivity index (χ0) is 13.3. The van der Waals surface area contributed by atoms with Crippen LogP contribution in [-0.4, -0.2) is 22.2 Å². The standard InChI is InChI=1S/C12H17F3N2O/c1-7(2)18-6-11-16-9-4-3-8(12(13,14)15)5-10(9)17-11/h7-8H,3-6H2,1-2H3,(H,16,17). The van der Waals surface area contributed by atoms with Gasteiger partial charge in [-0.25, -0.2) is 4.98 Å². The first-order valence-electron chi connectivity index (χ1n) is 6.11. The van der Waals surface area contributed by atoms with Crippen LogP contribution >= 0.6 is 0 Å². The monoisotopic (exact) mass is 262 g/mol. The lowest BCUT2D eigenvalue weighted by molar-refractivity contribution is -0.177. The Labute approximate surface area is 104 Å². The van der Waals surface area contributed by atoms with E-state index in [4.69, 9.17) is 4.74 Å². The van der Waals surface area contributed by atoms with Gasteiger partial charge in [-0.3, -0.25) is 0 Å². The van der Waals surface area contributed by atoms with E-state index in [1.165, 1.54) is 0 Å². The van der Waals surface area contributed by atoms with Gasteiger partial charge in [0.1, 0.15) is 12.4 Å². The zero-order valence-electron chi connectivity index (χ0n) is 10.5. The number of rotatable bonds is 3. The number of aromatic nitrogens is 2. The molecule has 0 aliphatic heterocycles. The van der Waals surface area contributed by atoms with Crippen molar-refractivity contribution >= 4 is 0 Å². The van der Waals surface area contributed by atoms with E-state index in [1.54, 1.807) is 0 Å². The van der Waals surface area contributed by atoms with Crippen molar-refractivity contribution in [3.63, 3.8) is 0 Å². The molecule has 0 amide bonds. The normalized spacial score (nSPS) is 20.2. The molecule has 1 aromatic heterocycles. The number of aryl methyl sites for hydroxylation is 1. The fraction of sp³-hybridized carbons (Fsp3) is 0.750. The van der Waals surface area contributed by atoms with Gasteiger partial charge in [0, 0.05) is 12.1 Å². The molecule has 3 nitrogen and oxygen atoms in total. The number of alkyl halides is 3. The van der Waals surface area contributed by atoms with Crippen molar-refractivity contribution in [1.82, 2.24) is 9.97 Å². The van der Waals surface area contributed by atoms with Crippen LogP contribution in [0.1, 0.15) is 37.5 Å². The molecule has 0 aromatic carbocycles. The van der Waals surface area contributed by atoms with Gasteiger partial charge in [-0.1, -0.05) is 0 Å². The van der Waals surface area contributed by atoms with Crippen LogP contribution in [0.15, 0.2) is 0 Å². The highest BCUT2D eigenvalue weighted by molar-refractivity contribution is 5.19. The lowest BCUT2D eigenvalue weighted by Crippen LogP contribution is -2.28. The number of hydrogen-bond acceptors (Lipinski definition) is 2. The van der Waals surface area contributed by atoms with Gasteiger partial charge in [-0.05, 0) is 26.7 Å². The Bertz CT molecular complexity index is 412.